The predicted molar refractivity (Wildman–Crippen MR) is 64.5 cm³/mol. The van der Waals surface area contributed by atoms with Gasteiger partial charge in [-0.2, -0.15) is 4.99 Å². The number of carbonyl (C=O) groups is 1. The van der Waals surface area contributed by atoms with Crippen molar-refractivity contribution in [3.8, 4) is 0 Å². The molecule has 0 aliphatic rings. The number of ether oxygens (including phenoxy) is 1. The maximum Gasteiger partial charge on any atom is 0.248 e. The minimum atomic E-state index is -0.130. The summed E-state index contributed by atoms with van der Waals surface area (Å²) in [5, 5.41) is 0. The third kappa shape index (κ3) is 3.85. The molecule has 0 heterocycles. The maximum absolute atomic E-state index is 11.4. The van der Waals surface area contributed by atoms with Crippen molar-refractivity contribution in [3.63, 3.8) is 0 Å². The Hall–Kier alpha value is -1.64. The zero-order valence-electron chi connectivity index (χ0n) is 9.77. The van der Waals surface area contributed by atoms with E-state index >= 15 is 0 Å². The van der Waals surface area contributed by atoms with Gasteiger partial charge in [-0.1, -0.05) is 25.1 Å². The fourth-order valence-electron chi connectivity index (χ4n) is 1.28. The third-order valence-corrected chi connectivity index (χ3v) is 1.99. The first-order valence-corrected chi connectivity index (χ1v) is 5.57. The average molecular weight is 219 g/mol. The first-order valence-electron chi connectivity index (χ1n) is 5.57. The van der Waals surface area contributed by atoms with Crippen LogP contribution in [0, 0.1) is 0 Å². The van der Waals surface area contributed by atoms with E-state index in [9.17, 15) is 4.79 Å². The fraction of sp³-hybridized carbons (Fsp3) is 0.385. The Morgan fingerprint density at radius 1 is 1.25 bits per heavy atom. The van der Waals surface area contributed by atoms with Crippen LogP contribution in [0.4, 0.5) is 0 Å². The number of carbonyl (C=O) groups excluding carboxylic acids is 1. The molecule has 1 rings (SSSR count). The molecule has 0 saturated carbocycles. The monoisotopic (exact) mass is 219 g/mol. The molecule has 16 heavy (non-hydrogen) atoms. The zero-order chi connectivity index (χ0) is 11.8. The highest BCUT2D eigenvalue weighted by Gasteiger charge is 2.06. The van der Waals surface area contributed by atoms with Gasteiger partial charge in [0.05, 0.1) is 6.61 Å². The third-order valence-electron chi connectivity index (χ3n) is 1.99. The molecule has 0 N–H and O–H groups in total. The average Bonchev–Trinajstić information content (AvgIpc) is 2.30. The van der Waals surface area contributed by atoms with Crippen molar-refractivity contribution >= 4 is 11.8 Å². The van der Waals surface area contributed by atoms with Crippen molar-refractivity contribution in [3.05, 3.63) is 35.9 Å². The van der Waals surface area contributed by atoms with Crippen LogP contribution in [0.3, 0.4) is 0 Å². The van der Waals surface area contributed by atoms with Gasteiger partial charge >= 0.3 is 0 Å². The van der Waals surface area contributed by atoms with E-state index in [4.69, 9.17) is 4.74 Å². The molecule has 1 amide bonds. The number of hydrogen-bond donors (Lipinski definition) is 0. The number of aliphatic imine (C=N–C) groups is 1. The topological polar surface area (TPSA) is 38.7 Å². The SMILES string of the molecule is CCCC(=O)/N=C(\OCC)c1ccccc1. The van der Waals surface area contributed by atoms with E-state index in [2.05, 4.69) is 4.99 Å². The molecule has 3 heteroatoms. The van der Waals surface area contributed by atoms with E-state index in [0.717, 1.165) is 12.0 Å². The normalized spacial score (nSPS) is 11.2. The molecule has 0 aliphatic carbocycles. The molecule has 0 bridgehead atoms. The molecule has 0 saturated heterocycles. The lowest BCUT2D eigenvalue weighted by atomic mass is 10.2. The van der Waals surface area contributed by atoms with Crippen LogP contribution in [0.25, 0.3) is 0 Å². The summed E-state index contributed by atoms with van der Waals surface area (Å²) in [4.78, 5) is 15.4. The van der Waals surface area contributed by atoms with Crippen LogP contribution in [0.5, 0.6) is 0 Å². The molecule has 0 aromatic heterocycles. The minimum Gasteiger partial charge on any atom is -0.477 e. The Balaban J connectivity index is 2.86. The van der Waals surface area contributed by atoms with E-state index in [1.807, 2.05) is 44.2 Å². The van der Waals surface area contributed by atoms with Crippen LogP contribution < -0.4 is 0 Å². The van der Waals surface area contributed by atoms with Crippen molar-refractivity contribution in [2.75, 3.05) is 6.61 Å². The van der Waals surface area contributed by atoms with Crippen LogP contribution in [-0.2, 0) is 9.53 Å². The summed E-state index contributed by atoms with van der Waals surface area (Å²) in [6.07, 6.45) is 1.26. The molecule has 0 unspecified atom stereocenters. The highest BCUT2D eigenvalue weighted by atomic mass is 16.5. The molecule has 3 nitrogen and oxygen atoms in total. The standard InChI is InChI=1S/C13H17NO2/c1-3-8-12(15)14-13(16-4-2)11-9-6-5-7-10-11/h5-7,9-10H,3-4,8H2,1-2H3/b14-13-. The van der Waals surface area contributed by atoms with E-state index in [1.165, 1.54) is 0 Å². The first kappa shape index (κ1) is 12.4. The van der Waals surface area contributed by atoms with E-state index in [-0.39, 0.29) is 5.91 Å². The number of nitrogens with zero attached hydrogens (tertiary/aromatic N) is 1. The Kier molecular flexibility index (Phi) is 5.26. The summed E-state index contributed by atoms with van der Waals surface area (Å²) in [5.74, 6) is 0.288. The lowest BCUT2D eigenvalue weighted by Gasteiger charge is -2.06. The number of hydrogen-bond acceptors (Lipinski definition) is 2. The van der Waals surface area contributed by atoms with Gasteiger partial charge < -0.3 is 4.74 Å². The maximum atomic E-state index is 11.4. The van der Waals surface area contributed by atoms with Crippen LogP contribution >= 0.6 is 0 Å². The van der Waals surface area contributed by atoms with E-state index in [0.29, 0.717) is 18.9 Å². The van der Waals surface area contributed by atoms with Gasteiger partial charge in [0.1, 0.15) is 0 Å². The van der Waals surface area contributed by atoms with Crippen molar-refractivity contribution in [1.29, 1.82) is 0 Å². The van der Waals surface area contributed by atoms with E-state index in [1.54, 1.807) is 0 Å². The summed E-state index contributed by atoms with van der Waals surface area (Å²) < 4.78 is 5.37. The summed E-state index contributed by atoms with van der Waals surface area (Å²) in [5.41, 5.74) is 0.841. The van der Waals surface area contributed by atoms with Gasteiger partial charge in [-0.15, -0.1) is 0 Å². The van der Waals surface area contributed by atoms with Crippen LogP contribution in [0.2, 0.25) is 0 Å². The molecule has 1 aromatic carbocycles. The van der Waals surface area contributed by atoms with Gasteiger partial charge in [0.15, 0.2) is 0 Å². The summed E-state index contributed by atoms with van der Waals surface area (Å²) in [6, 6.07) is 9.48. The molecule has 0 spiro atoms. The van der Waals surface area contributed by atoms with Gasteiger partial charge in [-0.3, -0.25) is 4.79 Å². The first-order chi connectivity index (χ1) is 7.77. The Morgan fingerprint density at radius 3 is 2.50 bits per heavy atom. The van der Waals surface area contributed by atoms with Gasteiger partial charge in [0.2, 0.25) is 11.8 Å². The molecular weight excluding hydrogens is 202 g/mol. The van der Waals surface area contributed by atoms with Gasteiger partial charge in [0.25, 0.3) is 0 Å². The van der Waals surface area contributed by atoms with Gasteiger partial charge in [-0.05, 0) is 25.5 Å². The number of rotatable bonds is 4. The second kappa shape index (κ2) is 6.77. The van der Waals surface area contributed by atoms with Crippen molar-refractivity contribution in [1.82, 2.24) is 0 Å². The quantitative estimate of drug-likeness (QED) is 0.577. The Labute approximate surface area is 96.2 Å². The molecular formula is C13H17NO2. The summed E-state index contributed by atoms with van der Waals surface area (Å²) in [6.45, 7) is 4.34. The van der Waals surface area contributed by atoms with Crippen molar-refractivity contribution < 1.29 is 9.53 Å². The van der Waals surface area contributed by atoms with Gasteiger partial charge in [-0.25, -0.2) is 0 Å². The molecule has 86 valence electrons. The number of amides is 1. The highest BCUT2D eigenvalue weighted by Crippen LogP contribution is 2.04. The molecule has 0 atom stereocenters. The number of benzene rings is 1. The molecule has 0 aliphatic heterocycles. The molecule has 0 fully saturated rings. The van der Waals surface area contributed by atoms with Crippen molar-refractivity contribution in [2.24, 2.45) is 4.99 Å². The smallest absolute Gasteiger partial charge is 0.248 e. The Bertz CT molecular complexity index is 357. The lowest BCUT2D eigenvalue weighted by molar-refractivity contribution is -0.117. The molecule has 1 aromatic rings. The predicted octanol–water partition coefficient (Wildman–Crippen LogP) is 2.80. The summed E-state index contributed by atoms with van der Waals surface area (Å²) >= 11 is 0. The minimum absolute atomic E-state index is 0.130. The Morgan fingerprint density at radius 2 is 1.94 bits per heavy atom. The second-order valence-corrected chi connectivity index (χ2v) is 3.36. The lowest BCUT2D eigenvalue weighted by Crippen LogP contribution is -2.09. The van der Waals surface area contributed by atoms with Crippen LogP contribution in [-0.4, -0.2) is 18.4 Å². The largest absolute Gasteiger partial charge is 0.477 e. The fourth-order valence-corrected chi connectivity index (χ4v) is 1.28. The van der Waals surface area contributed by atoms with E-state index < -0.39 is 0 Å². The zero-order valence-corrected chi connectivity index (χ0v) is 9.77. The molecule has 0 radical (unpaired) electrons. The van der Waals surface area contributed by atoms with Gasteiger partial charge in [0, 0.05) is 12.0 Å². The van der Waals surface area contributed by atoms with Crippen LogP contribution in [0.15, 0.2) is 35.3 Å². The van der Waals surface area contributed by atoms with Crippen molar-refractivity contribution in [2.45, 2.75) is 26.7 Å². The highest BCUT2D eigenvalue weighted by molar-refractivity contribution is 6.01. The van der Waals surface area contributed by atoms with Crippen LogP contribution in [0.1, 0.15) is 32.3 Å². The summed E-state index contributed by atoms with van der Waals surface area (Å²) in [7, 11) is 0. The second-order valence-electron chi connectivity index (χ2n) is 3.36.